The van der Waals surface area contributed by atoms with E-state index in [1.165, 1.54) is 6.07 Å². The summed E-state index contributed by atoms with van der Waals surface area (Å²) in [7, 11) is 0. The molecule has 1 aliphatic heterocycles. The second-order valence-corrected chi connectivity index (χ2v) is 5.93. The molecule has 0 spiro atoms. The molecule has 1 heterocycles. The Hall–Kier alpha value is -1.23. The van der Waals surface area contributed by atoms with Crippen LogP contribution >= 0.6 is 0 Å². The lowest BCUT2D eigenvalue weighted by Gasteiger charge is -2.29. The number of hydrogen-bond acceptors (Lipinski definition) is 2. The van der Waals surface area contributed by atoms with E-state index >= 15 is 0 Å². The summed E-state index contributed by atoms with van der Waals surface area (Å²) in [6, 6.07) is 4.73. The maximum Gasteiger partial charge on any atom is 0.418 e. The van der Waals surface area contributed by atoms with E-state index in [4.69, 9.17) is 5.73 Å². The molecular formula is C16H23F3N2. The minimum atomic E-state index is -4.33. The van der Waals surface area contributed by atoms with Crippen molar-refractivity contribution >= 4 is 5.69 Å². The molecule has 1 fully saturated rings. The average Bonchev–Trinajstić information content (AvgIpc) is 2.85. The molecule has 0 aliphatic carbocycles. The van der Waals surface area contributed by atoms with Crippen LogP contribution in [0.1, 0.15) is 44.2 Å². The number of benzene rings is 1. The van der Waals surface area contributed by atoms with Crippen LogP contribution in [0.2, 0.25) is 0 Å². The maximum atomic E-state index is 13.4. The number of hydrogen-bond donors (Lipinski definition) is 1. The van der Waals surface area contributed by atoms with Crippen LogP contribution in [-0.2, 0) is 12.6 Å². The lowest BCUT2D eigenvalue weighted by atomic mass is 10.0. The summed E-state index contributed by atoms with van der Waals surface area (Å²) < 4.78 is 40.2. The Morgan fingerprint density at radius 3 is 2.67 bits per heavy atom. The number of alkyl halides is 3. The van der Waals surface area contributed by atoms with E-state index < -0.39 is 11.7 Å². The molecular weight excluding hydrogens is 277 g/mol. The number of anilines is 1. The number of halogens is 3. The summed E-state index contributed by atoms with van der Waals surface area (Å²) >= 11 is 0. The summed E-state index contributed by atoms with van der Waals surface area (Å²) in [5, 5.41) is 0. The van der Waals surface area contributed by atoms with E-state index in [0.717, 1.165) is 19.3 Å². The van der Waals surface area contributed by atoms with Crippen molar-refractivity contribution in [3.63, 3.8) is 0 Å². The second kappa shape index (κ2) is 6.26. The lowest BCUT2D eigenvalue weighted by Crippen LogP contribution is -2.30. The molecule has 0 bridgehead atoms. The summed E-state index contributed by atoms with van der Waals surface area (Å²) in [6.45, 7) is 4.53. The average molecular weight is 300 g/mol. The third-order valence-corrected chi connectivity index (χ3v) is 4.08. The fourth-order valence-electron chi connectivity index (χ4n) is 3.14. The van der Waals surface area contributed by atoms with Crippen molar-refractivity contribution in [2.75, 3.05) is 11.4 Å². The molecule has 2 nitrogen and oxygen atoms in total. The normalized spacial score (nSPS) is 20.9. The SMILES string of the molecule is CCC1CCCN1c1ccc(CC(C)N)cc1C(F)(F)F. The van der Waals surface area contributed by atoms with Crippen LogP contribution in [0.5, 0.6) is 0 Å². The zero-order valence-electron chi connectivity index (χ0n) is 12.6. The molecule has 0 aromatic heterocycles. The summed E-state index contributed by atoms with van der Waals surface area (Å²) in [6.07, 6.45) is -1.07. The van der Waals surface area contributed by atoms with Crippen LogP contribution < -0.4 is 10.6 Å². The van der Waals surface area contributed by atoms with E-state index in [1.807, 2.05) is 11.8 Å². The molecule has 118 valence electrons. The van der Waals surface area contributed by atoms with Crippen molar-refractivity contribution in [2.24, 2.45) is 5.73 Å². The van der Waals surface area contributed by atoms with Crippen LogP contribution in [0.25, 0.3) is 0 Å². The van der Waals surface area contributed by atoms with Gasteiger partial charge in [-0.05, 0) is 50.3 Å². The molecule has 5 heteroatoms. The molecule has 1 aromatic carbocycles. The van der Waals surface area contributed by atoms with E-state index in [2.05, 4.69) is 0 Å². The fourth-order valence-corrected chi connectivity index (χ4v) is 3.14. The van der Waals surface area contributed by atoms with E-state index in [1.54, 1.807) is 19.1 Å². The summed E-state index contributed by atoms with van der Waals surface area (Å²) in [5.41, 5.74) is 6.14. The van der Waals surface area contributed by atoms with Gasteiger partial charge in [-0.3, -0.25) is 0 Å². The molecule has 2 N–H and O–H groups in total. The van der Waals surface area contributed by atoms with Gasteiger partial charge in [-0.25, -0.2) is 0 Å². The molecule has 2 unspecified atom stereocenters. The fraction of sp³-hybridized carbons (Fsp3) is 0.625. The number of rotatable bonds is 4. The molecule has 2 rings (SSSR count). The Balaban J connectivity index is 2.40. The van der Waals surface area contributed by atoms with E-state index in [0.29, 0.717) is 24.2 Å². The van der Waals surface area contributed by atoms with Gasteiger partial charge in [0.2, 0.25) is 0 Å². The Bertz CT molecular complexity index is 483. The predicted molar refractivity (Wildman–Crippen MR) is 79.5 cm³/mol. The van der Waals surface area contributed by atoms with Crippen LogP contribution in [0, 0.1) is 0 Å². The van der Waals surface area contributed by atoms with Crippen molar-refractivity contribution in [3.8, 4) is 0 Å². The van der Waals surface area contributed by atoms with Gasteiger partial charge in [-0.15, -0.1) is 0 Å². The zero-order valence-corrected chi connectivity index (χ0v) is 12.6. The van der Waals surface area contributed by atoms with Gasteiger partial charge in [0.05, 0.1) is 5.56 Å². The minimum Gasteiger partial charge on any atom is -0.368 e. The highest BCUT2D eigenvalue weighted by Gasteiger charge is 2.37. The van der Waals surface area contributed by atoms with E-state index in [9.17, 15) is 13.2 Å². The van der Waals surface area contributed by atoms with Gasteiger partial charge in [-0.2, -0.15) is 13.2 Å². The number of nitrogens with zero attached hydrogens (tertiary/aromatic N) is 1. The predicted octanol–water partition coefficient (Wildman–Crippen LogP) is 3.97. The molecule has 1 aliphatic rings. The first-order valence-electron chi connectivity index (χ1n) is 7.55. The van der Waals surface area contributed by atoms with Crippen molar-refractivity contribution in [3.05, 3.63) is 29.3 Å². The summed E-state index contributed by atoms with van der Waals surface area (Å²) in [4.78, 5) is 1.92. The first kappa shape index (κ1) is 16.1. The minimum absolute atomic E-state index is 0.146. The highest BCUT2D eigenvalue weighted by atomic mass is 19.4. The molecule has 0 saturated carbocycles. The van der Waals surface area contributed by atoms with E-state index in [-0.39, 0.29) is 12.1 Å². The summed E-state index contributed by atoms with van der Waals surface area (Å²) in [5.74, 6) is 0. The van der Waals surface area contributed by atoms with Gasteiger partial charge in [-0.1, -0.05) is 13.0 Å². The van der Waals surface area contributed by atoms with Gasteiger partial charge in [0.15, 0.2) is 0 Å². The monoisotopic (exact) mass is 300 g/mol. The topological polar surface area (TPSA) is 29.3 Å². The van der Waals surface area contributed by atoms with Crippen molar-refractivity contribution in [1.29, 1.82) is 0 Å². The van der Waals surface area contributed by atoms with Crippen LogP contribution in [-0.4, -0.2) is 18.6 Å². The Morgan fingerprint density at radius 2 is 2.10 bits per heavy atom. The van der Waals surface area contributed by atoms with Gasteiger partial charge < -0.3 is 10.6 Å². The van der Waals surface area contributed by atoms with Gasteiger partial charge in [0.25, 0.3) is 0 Å². The van der Waals surface area contributed by atoms with Gasteiger partial charge in [0, 0.05) is 24.3 Å². The molecule has 0 amide bonds. The molecule has 21 heavy (non-hydrogen) atoms. The first-order chi connectivity index (χ1) is 9.82. The largest absolute Gasteiger partial charge is 0.418 e. The van der Waals surface area contributed by atoms with Crippen LogP contribution in [0.4, 0.5) is 18.9 Å². The number of nitrogens with two attached hydrogens (primary N) is 1. The van der Waals surface area contributed by atoms with Crippen molar-refractivity contribution in [2.45, 2.75) is 57.8 Å². The zero-order chi connectivity index (χ0) is 15.6. The Labute approximate surface area is 124 Å². The molecule has 1 aromatic rings. The Morgan fingerprint density at radius 1 is 1.38 bits per heavy atom. The highest BCUT2D eigenvalue weighted by Crippen LogP contribution is 2.40. The third kappa shape index (κ3) is 3.70. The highest BCUT2D eigenvalue weighted by molar-refractivity contribution is 5.58. The standard InChI is InChI=1S/C16H23F3N2/c1-3-13-5-4-8-21(13)15-7-6-12(9-11(2)20)10-14(15)16(17,18)19/h6-7,10-11,13H,3-5,8-9,20H2,1-2H3. The van der Waals surface area contributed by atoms with Crippen molar-refractivity contribution < 1.29 is 13.2 Å². The van der Waals surface area contributed by atoms with Crippen LogP contribution in [0.3, 0.4) is 0 Å². The second-order valence-electron chi connectivity index (χ2n) is 5.93. The lowest BCUT2D eigenvalue weighted by molar-refractivity contribution is -0.137. The third-order valence-electron chi connectivity index (χ3n) is 4.08. The Kier molecular flexibility index (Phi) is 4.81. The maximum absolute atomic E-state index is 13.4. The van der Waals surface area contributed by atoms with Gasteiger partial charge >= 0.3 is 6.18 Å². The quantitative estimate of drug-likeness (QED) is 0.911. The molecule has 0 radical (unpaired) electrons. The van der Waals surface area contributed by atoms with Gasteiger partial charge in [0.1, 0.15) is 0 Å². The molecule has 1 saturated heterocycles. The van der Waals surface area contributed by atoms with Crippen molar-refractivity contribution in [1.82, 2.24) is 0 Å². The van der Waals surface area contributed by atoms with Crippen LogP contribution in [0.15, 0.2) is 18.2 Å². The smallest absolute Gasteiger partial charge is 0.368 e. The molecule has 2 atom stereocenters. The first-order valence-corrected chi connectivity index (χ1v) is 7.55.